The molecule has 1 aromatic heterocycles. The van der Waals surface area contributed by atoms with Crippen molar-refractivity contribution in [2.24, 2.45) is 0 Å². The summed E-state index contributed by atoms with van der Waals surface area (Å²) in [4.78, 5) is 6.47. The Bertz CT molecular complexity index is 504. The highest BCUT2D eigenvalue weighted by Crippen LogP contribution is 2.17. The summed E-state index contributed by atoms with van der Waals surface area (Å²) in [6.45, 7) is 3.91. The van der Waals surface area contributed by atoms with Gasteiger partial charge >= 0.3 is 6.01 Å². The van der Waals surface area contributed by atoms with E-state index in [2.05, 4.69) is 41.4 Å². The molecule has 102 valence electrons. The Balaban J connectivity index is 1.90. The first-order chi connectivity index (χ1) is 9.15. The van der Waals surface area contributed by atoms with Gasteiger partial charge in [0, 0.05) is 12.1 Å². The van der Waals surface area contributed by atoms with Crippen molar-refractivity contribution in [1.82, 2.24) is 15.0 Å². The van der Waals surface area contributed by atoms with Crippen LogP contribution in [0, 0.1) is 6.92 Å². The van der Waals surface area contributed by atoms with Crippen molar-refractivity contribution >= 4 is 6.01 Å². The lowest BCUT2D eigenvalue weighted by Gasteiger charge is -2.08. The van der Waals surface area contributed by atoms with Crippen LogP contribution in [0.2, 0.25) is 0 Å². The highest BCUT2D eigenvalue weighted by Gasteiger charge is 2.07. The van der Waals surface area contributed by atoms with Gasteiger partial charge in [0.15, 0.2) is 0 Å². The second kappa shape index (κ2) is 6.33. The molecule has 0 aliphatic heterocycles. The summed E-state index contributed by atoms with van der Waals surface area (Å²) in [5.41, 5.74) is 2.19. The number of aryl methyl sites for hydroxylation is 1. The van der Waals surface area contributed by atoms with Gasteiger partial charge in [0.1, 0.15) is 0 Å². The second-order valence-electron chi connectivity index (χ2n) is 4.87. The Morgan fingerprint density at radius 3 is 2.63 bits per heavy atom. The molecule has 0 aliphatic carbocycles. The number of hydrogen-bond acceptors (Lipinski definition) is 5. The first-order valence-electron chi connectivity index (χ1n) is 6.44. The van der Waals surface area contributed by atoms with E-state index in [1.54, 1.807) is 0 Å². The Hall–Kier alpha value is -1.88. The zero-order valence-corrected chi connectivity index (χ0v) is 11.7. The molecule has 0 saturated carbocycles. The molecular weight excluding hydrogens is 240 g/mol. The number of nitrogens with zero attached hydrogens (tertiary/aromatic N) is 3. The van der Waals surface area contributed by atoms with E-state index in [0.717, 1.165) is 25.1 Å². The molecule has 5 heteroatoms. The van der Waals surface area contributed by atoms with E-state index in [1.807, 2.05) is 24.3 Å². The van der Waals surface area contributed by atoms with Crippen LogP contribution in [0.4, 0.5) is 6.01 Å². The van der Waals surface area contributed by atoms with Crippen LogP contribution in [0.1, 0.15) is 12.0 Å². The van der Waals surface area contributed by atoms with Gasteiger partial charge in [-0.05, 0) is 34.0 Å². The maximum absolute atomic E-state index is 5.17. The molecule has 2 rings (SSSR count). The third-order valence-electron chi connectivity index (χ3n) is 2.79. The zero-order valence-electron chi connectivity index (χ0n) is 11.7. The topological polar surface area (TPSA) is 54.2 Å². The van der Waals surface area contributed by atoms with Crippen molar-refractivity contribution in [3.8, 4) is 11.4 Å². The lowest BCUT2D eigenvalue weighted by atomic mass is 10.1. The van der Waals surface area contributed by atoms with Crippen molar-refractivity contribution in [2.75, 3.05) is 32.5 Å². The summed E-state index contributed by atoms with van der Waals surface area (Å²) in [6.07, 6.45) is 1.04. The standard InChI is InChI=1S/C14H20N4O/c1-11-5-7-12(8-6-11)13-16-14(19-17-13)15-9-4-10-18(2)3/h5-8H,4,9-10H2,1-3H3,(H,15,16,17). The van der Waals surface area contributed by atoms with Gasteiger partial charge in [-0.3, -0.25) is 0 Å². The predicted molar refractivity (Wildman–Crippen MR) is 76.1 cm³/mol. The van der Waals surface area contributed by atoms with Gasteiger partial charge in [-0.15, -0.1) is 0 Å². The number of rotatable bonds is 6. The van der Waals surface area contributed by atoms with Crippen molar-refractivity contribution in [2.45, 2.75) is 13.3 Å². The lowest BCUT2D eigenvalue weighted by molar-refractivity contribution is 0.400. The van der Waals surface area contributed by atoms with Gasteiger partial charge in [-0.1, -0.05) is 35.0 Å². The van der Waals surface area contributed by atoms with Crippen LogP contribution in [0.15, 0.2) is 28.8 Å². The number of nitrogens with one attached hydrogen (secondary N) is 1. The molecule has 0 amide bonds. The molecule has 0 atom stereocenters. The molecule has 0 aliphatic rings. The quantitative estimate of drug-likeness (QED) is 0.808. The van der Waals surface area contributed by atoms with Gasteiger partial charge in [-0.25, -0.2) is 0 Å². The average molecular weight is 260 g/mol. The van der Waals surface area contributed by atoms with Crippen LogP contribution in [0.3, 0.4) is 0 Å². The van der Waals surface area contributed by atoms with Gasteiger partial charge in [0.05, 0.1) is 0 Å². The monoisotopic (exact) mass is 260 g/mol. The van der Waals surface area contributed by atoms with Crippen molar-refractivity contribution in [3.63, 3.8) is 0 Å². The number of aromatic nitrogens is 2. The number of hydrogen-bond donors (Lipinski definition) is 1. The largest absolute Gasteiger partial charge is 0.338 e. The molecule has 1 heterocycles. The summed E-state index contributed by atoms with van der Waals surface area (Å²) in [5, 5.41) is 7.11. The minimum Gasteiger partial charge on any atom is -0.338 e. The van der Waals surface area contributed by atoms with Gasteiger partial charge in [-0.2, -0.15) is 4.98 Å². The van der Waals surface area contributed by atoms with E-state index in [0.29, 0.717) is 11.8 Å². The Labute approximate surface area is 113 Å². The SMILES string of the molecule is Cc1ccc(-c2noc(NCCCN(C)C)n2)cc1. The molecule has 0 bridgehead atoms. The third kappa shape index (κ3) is 4.06. The number of benzene rings is 1. The first-order valence-corrected chi connectivity index (χ1v) is 6.44. The molecule has 0 fully saturated rings. The minimum absolute atomic E-state index is 0.481. The summed E-state index contributed by atoms with van der Waals surface area (Å²) in [7, 11) is 4.12. The van der Waals surface area contributed by atoms with Crippen molar-refractivity contribution < 1.29 is 4.52 Å². The molecule has 1 N–H and O–H groups in total. The minimum atomic E-state index is 0.481. The summed E-state index contributed by atoms with van der Waals surface area (Å²) >= 11 is 0. The molecule has 0 spiro atoms. The first kappa shape index (κ1) is 13.5. The smallest absolute Gasteiger partial charge is 0.321 e. The maximum Gasteiger partial charge on any atom is 0.321 e. The van der Waals surface area contributed by atoms with E-state index < -0.39 is 0 Å². The third-order valence-corrected chi connectivity index (χ3v) is 2.79. The fraction of sp³-hybridized carbons (Fsp3) is 0.429. The van der Waals surface area contributed by atoms with Crippen molar-refractivity contribution in [1.29, 1.82) is 0 Å². The van der Waals surface area contributed by atoms with E-state index in [4.69, 9.17) is 4.52 Å². The van der Waals surface area contributed by atoms with E-state index in [1.165, 1.54) is 5.56 Å². The summed E-state index contributed by atoms with van der Waals surface area (Å²) in [6, 6.07) is 8.55. The molecule has 0 saturated heterocycles. The van der Waals surface area contributed by atoms with Crippen LogP contribution in [-0.4, -0.2) is 42.2 Å². The van der Waals surface area contributed by atoms with Crippen molar-refractivity contribution in [3.05, 3.63) is 29.8 Å². The molecular formula is C14H20N4O. The predicted octanol–water partition coefficient (Wildman–Crippen LogP) is 2.41. The van der Waals surface area contributed by atoms with Crippen LogP contribution >= 0.6 is 0 Å². The lowest BCUT2D eigenvalue weighted by Crippen LogP contribution is -2.16. The Morgan fingerprint density at radius 2 is 1.95 bits per heavy atom. The van der Waals surface area contributed by atoms with Gasteiger partial charge < -0.3 is 14.7 Å². The normalized spacial score (nSPS) is 10.9. The summed E-state index contributed by atoms with van der Waals surface area (Å²) in [5.74, 6) is 0.620. The Morgan fingerprint density at radius 1 is 1.21 bits per heavy atom. The molecule has 1 aromatic carbocycles. The average Bonchev–Trinajstić information content (AvgIpc) is 2.84. The van der Waals surface area contributed by atoms with Crippen LogP contribution in [0.25, 0.3) is 11.4 Å². The van der Waals surface area contributed by atoms with Crippen LogP contribution in [-0.2, 0) is 0 Å². The van der Waals surface area contributed by atoms with Crippen LogP contribution in [0.5, 0.6) is 0 Å². The van der Waals surface area contributed by atoms with E-state index in [9.17, 15) is 0 Å². The van der Waals surface area contributed by atoms with Gasteiger partial charge in [0.25, 0.3) is 0 Å². The maximum atomic E-state index is 5.17. The van der Waals surface area contributed by atoms with E-state index in [-0.39, 0.29) is 0 Å². The number of anilines is 1. The van der Waals surface area contributed by atoms with Gasteiger partial charge in [0.2, 0.25) is 5.82 Å². The highest BCUT2D eigenvalue weighted by atomic mass is 16.5. The van der Waals surface area contributed by atoms with E-state index >= 15 is 0 Å². The molecule has 0 radical (unpaired) electrons. The fourth-order valence-electron chi connectivity index (χ4n) is 1.71. The Kier molecular flexibility index (Phi) is 4.52. The highest BCUT2D eigenvalue weighted by molar-refractivity contribution is 5.55. The molecule has 2 aromatic rings. The molecule has 19 heavy (non-hydrogen) atoms. The summed E-state index contributed by atoms with van der Waals surface area (Å²) < 4.78 is 5.17. The molecule has 0 unspecified atom stereocenters. The second-order valence-corrected chi connectivity index (χ2v) is 4.87. The zero-order chi connectivity index (χ0) is 13.7. The molecule has 5 nitrogen and oxygen atoms in total. The van der Waals surface area contributed by atoms with Crippen LogP contribution < -0.4 is 5.32 Å². The fourth-order valence-corrected chi connectivity index (χ4v) is 1.71.